The molecule has 0 heterocycles. The van der Waals surface area contributed by atoms with Crippen LogP contribution in [0.1, 0.15) is 66.5 Å². The van der Waals surface area contributed by atoms with Crippen LogP contribution in [0.4, 0.5) is 0 Å². The largest absolute Gasteiger partial charge is 0.0683 e. The third kappa shape index (κ3) is 11.5. The van der Waals surface area contributed by atoms with Gasteiger partial charge in [0.2, 0.25) is 0 Å². The van der Waals surface area contributed by atoms with Gasteiger partial charge >= 0.3 is 0 Å². The van der Waals surface area contributed by atoms with Gasteiger partial charge < -0.3 is 0 Å². The minimum absolute atomic E-state index is 0.284. The average Bonchev–Trinajstić information content (AvgIpc) is 2.18. The van der Waals surface area contributed by atoms with Gasteiger partial charge in [0.25, 0.3) is 0 Å². The Morgan fingerprint density at radius 2 is 1.35 bits per heavy atom. The first-order chi connectivity index (χ1) is 7.73. The van der Waals surface area contributed by atoms with E-state index in [-0.39, 0.29) is 5.41 Å². The van der Waals surface area contributed by atoms with E-state index in [4.69, 9.17) is 0 Å². The van der Waals surface area contributed by atoms with E-state index in [0.717, 1.165) is 5.92 Å². The average molecular weight is 236 g/mol. The Balaban J connectivity index is 0. The van der Waals surface area contributed by atoms with Crippen LogP contribution in [-0.4, -0.2) is 0 Å². The fourth-order valence-corrected chi connectivity index (χ4v) is 1.11. The van der Waals surface area contributed by atoms with Crippen molar-refractivity contribution in [2.75, 3.05) is 0 Å². The summed E-state index contributed by atoms with van der Waals surface area (Å²) in [6.45, 7) is 19.3. The van der Waals surface area contributed by atoms with E-state index in [1.165, 1.54) is 11.1 Å². The molecule has 0 fully saturated rings. The van der Waals surface area contributed by atoms with Gasteiger partial charge in [-0.15, -0.1) is 0 Å². The molecule has 0 atom stereocenters. The fourth-order valence-electron chi connectivity index (χ4n) is 1.11. The molecule has 0 amide bonds. The summed E-state index contributed by atoms with van der Waals surface area (Å²) in [5.41, 5.74) is 3.04. The third-order valence-electron chi connectivity index (χ3n) is 1.88. The number of hydrogen-bond acceptors (Lipinski definition) is 0. The summed E-state index contributed by atoms with van der Waals surface area (Å²) >= 11 is 0. The van der Waals surface area contributed by atoms with Gasteiger partial charge in [-0.3, -0.25) is 0 Å². The lowest BCUT2D eigenvalue weighted by Gasteiger charge is -2.19. The summed E-state index contributed by atoms with van der Waals surface area (Å²) < 4.78 is 0. The van der Waals surface area contributed by atoms with Gasteiger partial charge in [0.15, 0.2) is 0 Å². The molecule has 0 bridgehead atoms. The van der Waals surface area contributed by atoms with Crippen molar-refractivity contribution in [1.82, 2.24) is 0 Å². The van der Waals surface area contributed by atoms with Crippen molar-refractivity contribution in [3.05, 3.63) is 35.4 Å². The van der Waals surface area contributed by atoms with Gasteiger partial charge in [-0.1, -0.05) is 85.2 Å². The molecule has 0 N–H and O–H groups in total. The molecule has 0 radical (unpaired) electrons. The smallest absolute Gasteiger partial charge is 0.0132 e. The Morgan fingerprint density at radius 3 is 1.59 bits per heavy atom. The Kier molecular flexibility index (Phi) is 10.1. The number of benzene rings is 1. The van der Waals surface area contributed by atoms with E-state index in [1.54, 1.807) is 0 Å². The minimum Gasteiger partial charge on any atom is -0.0683 e. The maximum absolute atomic E-state index is 2.25. The summed E-state index contributed by atoms with van der Waals surface area (Å²) in [7, 11) is 0. The standard InChI is InChI=1S/C11H16.C4H10.C2H6/c1-9-6-5-7-10(8-9)11(2,3)4;1-4(2)3;1-2/h5-8H,1-4H3;4H,1-3H3;1-2H3. The van der Waals surface area contributed by atoms with Gasteiger partial charge in [-0.05, 0) is 23.8 Å². The van der Waals surface area contributed by atoms with Crippen LogP contribution in [0.2, 0.25) is 0 Å². The number of hydrogen-bond donors (Lipinski definition) is 0. The highest BCUT2D eigenvalue weighted by atomic mass is 14.2. The third-order valence-corrected chi connectivity index (χ3v) is 1.88. The van der Waals surface area contributed by atoms with E-state index < -0.39 is 0 Å². The molecular formula is C17H32. The van der Waals surface area contributed by atoms with E-state index in [9.17, 15) is 0 Å². The molecule has 0 saturated heterocycles. The lowest BCUT2D eigenvalue weighted by molar-refractivity contribution is 0.590. The fraction of sp³-hybridized carbons (Fsp3) is 0.647. The predicted molar refractivity (Wildman–Crippen MR) is 81.7 cm³/mol. The summed E-state index contributed by atoms with van der Waals surface area (Å²) in [5.74, 6) is 0.833. The molecule has 17 heavy (non-hydrogen) atoms. The summed E-state index contributed by atoms with van der Waals surface area (Å²) in [6, 6.07) is 8.69. The maximum Gasteiger partial charge on any atom is -0.0132 e. The van der Waals surface area contributed by atoms with Gasteiger partial charge in [0.05, 0.1) is 0 Å². The van der Waals surface area contributed by atoms with Gasteiger partial charge in [-0.2, -0.15) is 0 Å². The van der Waals surface area contributed by atoms with Crippen LogP contribution in [-0.2, 0) is 5.41 Å². The molecule has 1 aromatic carbocycles. The highest BCUT2D eigenvalue weighted by Gasteiger charge is 2.12. The predicted octanol–water partition coefficient (Wildman–Crippen LogP) is 5.98. The summed E-state index contributed by atoms with van der Waals surface area (Å²) in [5, 5.41) is 0. The molecular weight excluding hydrogens is 204 g/mol. The first-order valence-electron chi connectivity index (χ1n) is 6.80. The molecule has 0 aliphatic rings. The first-order valence-corrected chi connectivity index (χ1v) is 6.80. The lowest BCUT2D eigenvalue weighted by Crippen LogP contribution is -2.10. The topological polar surface area (TPSA) is 0 Å². The summed E-state index contributed by atoms with van der Waals surface area (Å²) in [4.78, 5) is 0. The highest BCUT2D eigenvalue weighted by Crippen LogP contribution is 2.22. The van der Waals surface area contributed by atoms with Crippen molar-refractivity contribution in [2.24, 2.45) is 5.92 Å². The second-order valence-electron chi connectivity index (χ2n) is 5.85. The zero-order valence-electron chi connectivity index (χ0n) is 13.4. The molecule has 0 aliphatic carbocycles. The Labute approximate surface area is 109 Å². The van der Waals surface area contributed by atoms with Crippen LogP contribution in [0, 0.1) is 12.8 Å². The quantitative estimate of drug-likeness (QED) is 0.519. The van der Waals surface area contributed by atoms with Crippen molar-refractivity contribution in [3.63, 3.8) is 0 Å². The lowest BCUT2D eigenvalue weighted by atomic mass is 9.86. The van der Waals surface area contributed by atoms with Gasteiger partial charge in [-0.25, -0.2) is 0 Å². The second kappa shape index (κ2) is 9.27. The Hall–Kier alpha value is -0.780. The van der Waals surface area contributed by atoms with Crippen LogP contribution in [0.5, 0.6) is 0 Å². The zero-order valence-corrected chi connectivity index (χ0v) is 13.4. The SMILES string of the molecule is CC.CC(C)C.Cc1cccc(C(C)(C)C)c1. The van der Waals surface area contributed by atoms with Crippen LogP contribution in [0.15, 0.2) is 24.3 Å². The molecule has 0 saturated carbocycles. The molecule has 0 nitrogen and oxygen atoms in total. The Morgan fingerprint density at radius 1 is 0.941 bits per heavy atom. The molecule has 0 spiro atoms. The van der Waals surface area contributed by atoms with Gasteiger partial charge in [0.1, 0.15) is 0 Å². The van der Waals surface area contributed by atoms with Gasteiger partial charge in [0, 0.05) is 0 Å². The molecule has 1 aromatic rings. The van der Waals surface area contributed by atoms with Crippen molar-refractivity contribution in [1.29, 1.82) is 0 Å². The first kappa shape index (κ1) is 18.6. The summed E-state index contributed by atoms with van der Waals surface area (Å²) in [6.07, 6.45) is 0. The van der Waals surface area contributed by atoms with Crippen molar-refractivity contribution in [3.8, 4) is 0 Å². The zero-order chi connectivity index (χ0) is 14.1. The molecule has 0 aliphatic heterocycles. The van der Waals surface area contributed by atoms with Crippen molar-refractivity contribution < 1.29 is 0 Å². The van der Waals surface area contributed by atoms with Crippen LogP contribution < -0.4 is 0 Å². The van der Waals surface area contributed by atoms with Crippen LogP contribution in [0.25, 0.3) is 0 Å². The van der Waals surface area contributed by atoms with Crippen LogP contribution in [0.3, 0.4) is 0 Å². The molecule has 0 unspecified atom stereocenters. The number of rotatable bonds is 0. The van der Waals surface area contributed by atoms with Crippen LogP contribution >= 0.6 is 0 Å². The van der Waals surface area contributed by atoms with E-state index in [1.807, 2.05) is 13.8 Å². The van der Waals surface area contributed by atoms with Crippen molar-refractivity contribution in [2.45, 2.75) is 67.7 Å². The molecule has 100 valence electrons. The normalized spacial score (nSPS) is 10.0. The van der Waals surface area contributed by atoms with E-state index in [2.05, 4.69) is 72.7 Å². The van der Waals surface area contributed by atoms with E-state index in [0.29, 0.717) is 0 Å². The number of aryl methyl sites for hydroxylation is 1. The highest BCUT2D eigenvalue weighted by molar-refractivity contribution is 5.27. The molecule has 1 rings (SSSR count). The molecule has 0 heteroatoms. The second-order valence-corrected chi connectivity index (χ2v) is 5.85. The van der Waals surface area contributed by atoms with Crippen molar-refractivity contribution >= 4 is 0 Å². The van der Waals surface area contributed by atoms with E-state index >= 15 is 0 Å². The Bertz CT molecular complexity index is 274. The monoisotopic (exact) mass is 236 g/mol. The minimum atomic E-state index is 0.284. The molecule has 0 aromatic heterocycles. The maximum atomic E-state index is 2.25.